The standard InChI is InChI=1S/C6H15S/c1-6(2)5-7(3)4/h6H,5H2,1-4H3/q+1. The van der Waals surface area contributed by atoms with Crippen molar-refractivity contribution < 1.29 is 0 Å². The summed E-state index contributed by atoms with van der Waals surface area (Å²) < 4.78 is 0. The van der Waals surface area contributed by atoms with Gasteiger partial charge in [0.15, 0.2) is 0 Å². The van der Waals surface area contributed by atoms with E-state index in [-0.39, 0.29) is 0 Å². The summed E-state index contributed by atoms with van der Waals surface area (Å²) in [5.74, 6) is 2.28. The van der Waals surface area contributed by atoms with Crippen LogP contribution in [0.25, 0.3) is 0 Å². The Morgan fingerprint density at radius 3 is 1.71 bits per heavy atom. The minimum Gasteiger partial charge on any atom is -0.0583 e. The SMILES string of the molecule is CC(C)C[S+](C)C. The van der Waals surface area contributed by atoms with E-state index in [2.05, 4.69) is 26.4 Å². The third-order valence-corrected chi connectivity index (χ3v) is 2.00. The highest BCUT2D eigenvalue weighted by Gasteiger charge is 2.03. The van der Waals surface area contributed by atoms with Crippen molar-refractivity contribution in [2.75, 3.05) is 18.3 Å². The fourth-order valence-corrected chi connectivity index (χ4v) is 2.00. The van der Waals surface area contributed by atoms with Gasteiger partial charge in [-0.3, -0.25) is 0 Å². The molecule has 0 radical (unpaired) electrons. The molecule has 44 valence electrons. The molecule has 0 aromatic carbocycles. The van der Waals surface area contributed by atoms with E-state index in [1.165, 1.54) is 5.75 Å². The van der Waals surface area contributed by atoms with Crippen molar-refractivity contribution in [2.45, 2.75) is 13.8 Å². The first-order valence-electron chi connectivity index (χ1n) is 2.67. The molecule has 0 aliphatic carbocycles. The molecule has 0 bridgehead atoms. The van der Waals surface area contributed by atoms with Gasteiger partial charge in [0.2, 0.25) is 0 Å². The first-order chi connectivity index (χ1) is 3.13. The number of hydrogen-bond acceptors (Lipinski definition) is 0. The Balaban J connectivity index is 2.95. The van der Waals surface area contributed by atoms with Crippen LogP contribution in [0.4, 0.5) is 0 Å². The summed E-state index contributed by atoms with van der Waals surface area (Å²) in [7, 11) is 0.654. The maximum Gasteiger partial charge on any atom is 0.109 e. The van der Waals surface area contributed by atoms with E-state index in [9.17, 15) is 0 Å². The monoisotopic (exact) mass is 119 g/mol. The van der Waals surface area contributed by atoms with Crippen LogP contribution in [-0.4, -0.2) is 18.3 Å². The summed E-state index contributed by atoms with van der Waals surface area (Å²) in [6.45, 7) is 4.54. The molecule has 0 aliphatic rings. The highest BCUT2D eigenvalue weighted by Crippen LogP contribution is 1.96. The lowest BCUT2D eigenvalue weighted by molar-refractivity contribution is 0.748. The van der Waals surface area contributed by atoms with Gasteiger partial charge in [0.1, 0.15) is 5.75 Å². The van der Waals surface area contributed by atoms with Crippen molar-refractivity contribution in [1.29, 1.82) is 0 Å². The summed E-state index contributed by atoms with van der Waals surface area (Å²) in [6.07, 6.45) is 4.58. The maximum absolute atomic E-state index is 2.29. The second kappa shape index (κ2) is 3.36. The molecule has 0 saturated heterocycles. The Labute approximate surface area is 49.7 Å². The van der Waals surface area contributed by atoms with Crippen LogP contribution in [0.2, 0.25) is 0 Å². The van der Waals surface area contributed by atoms with Gasteiger partial charge in [-0.2, -0.15) is 0 Å². The molecule has 0 amide bonds. The van der Waals surface area contributed by atoms with Crippen molar-refractivity contribution in [3.63, 3.8) is 0 Å². The third-order valence-electron chi connectivity index (χ3n) is 0.667. The molecule has 7 heavy (non-hydrogen) atoms. The van der Waals surface area contributed by atoms with Crippen molar-refractivity contribution >= 4 is 10.9 Å². The minimum absolute atomic E-state index is 0.654. The maximum atomic E-state index is 2.29. The highest BCUT2D eigenvalue weighted by atomic mass is 32.2. The summed E-state index contributed by atoms with van der Waals surface area (Å²) >= 11 is 0. The molecule has 0 saturated carbocycles. The number of hydrogen-bond donors (Lipinski definition) is 0. The Bertz CT molecular complexity index is 33.4. The van der Waals surface area contributed by atoms with Crippen LogP contribution in [0.3, 0.4) is 0 Å². The summed E-state index contributed by atoms with van der Waals surface area (Å²) in [4.78, 5) is 0. The smallest absolute Gasteiger partial charge is 0.0583 e. The van der Waals surface area contributed by atoms with Crippen molar-refractivity contribution in [1.82, 2.24) is 0 Å². The van der Waals surface area contributed by atoms with Gasteiger partial charge >= 0.3 is 0 Å². The van der Waals surface area contributed by atoms with E-state index in [4.69, 9.17) is 0 Å². The molecule has 0 aromatic rings. The zero-order chi connectivity index (χ0) is 5.86. The van der Waals surface area contributed by atoms with Crippen LogP contribution in [0.5, 0.6) is 0 Å². The van der Waals surface area contributed by atoms with Gasteiger partial charge in [-0.1, -0.05) is 13.8 Å². The van der Waals surface area contributed by atoms with E-state index >= 15 is 0 Å². The van der Waals surface area contributed by atoms with Crippen LogP contribution < -0.4 is 0 Å². The average molecular weight is 119 g/mol. The van der Waals surface area contributed by atoms with Gasteiger partial charge in [-0.15, -0.1) is 0 Å². The van der Waals surface area contributed by atoms with E-state index in [0.29, 0.717) is 10.9 Å². The molecule has 0 unspecified atom stereocenters. The third kappa shape index (κ3) is 6.35. The second-order valence-corrected chi connectivity index (χ2v) is 4.85. The largest absolute Gasteiger partial charge is 0.109 e. The summed E-state index contributed by atoms with van der Waals surface area (Å²) in [5.41, 5.74) is 0. The van der Waals surface area contributed by atoms with Gasteiger partial charge in [0.25, 0.3) is 0 Å². The van der Waals surface area contributed by atoms with Crippen LogP contribution >= 0.6 is 0 Å². The van der Waals surface area contributed by atoms with Gasteiger partial charge in [0, 0.05) is 0 Å². The molecule has 0 N–H and O–H groups in total. The molecule has 0 aliphatic heterocycles. The summed E-state index contributed by atoms with van der Waals surface area (Å²) in [5, 5.41) is 0. The fourth-order valence-electron chi connectivity index (χ4n) is 0.667. The second-order valence-electron chi connectivity index (χ2n) is 2.55. The predicted octanol–water partition coefficient (Wildman–Crippen LogP) is 1.52. The molecule has 0 atom stereocenters. The van der Waals surface area contributed by atoms with Crippen molar-refractivity contribution in [3.05, 3.63) is 0 Å². The Kier molecular flexibility index (Phi) is 3.53. The van der Waals surface area contributed by atoms with Gasteiger partial charge < -0.3 is 0 Å². The summed E-state index contributed by atoms with van der Waals surface area (Å²) in [6, 6.07) is 0. The molecule has 1 heteroatoms. The Hall–Kier alpha value is 0.350. The lowest BCUT2D eigenvalue weighted by Gasteiger charge is -1.97. The number of rotatable bonds is 2. The van der Waals surface area contributed by atoms with E-state index in [1.54, 1.807) is 0 Å². The Morgan fingerprint density at radius 1 is 1.29 bits per heavy atom. The zero-order valence-corrected chi connectivity index (χ0v) is 6.51. The topological polar surface area (TPSA) is 0 Å². The van der Waals surface area contributed by atoms with E-state index < -0.39 is 0 Å². The molecule has 0 rings (SSSR count). The fraction of sp³-hybridized carbons (Fsp3) is 1.00. The van der Waals surface area contributed by atoms with Gasteiger partial charge in [-0.05, 0) is 16.8 Å². The normalized spacial score (nSPS) is 11.1. The molecule has 0 spiro atoms. The first-order valence-corrected chi connectivity index (χ1v) is 4.88. The molecular formula is C6H15S+. The van der Waals surface area contributed by atoms with Crippen LogP contribution in [0.1, 0.15) is 13.8 Å². The molecular weight excluding hydrogens is 104 g/mol. The Morgan fingerprint density at radius 2 is 1.71 bits per heavy atom. The minimum atomic E-state index is 0.654. The molecule has 0 fully saturated rings. The highest BCUT2D eigenvalue weighted by molar-refractivity contribution is 7.95. The lowest BCUT2D eigenvalue weighted by Crippen LogP contribution is -2.07. The van der Waals surface area contributed by atoms with Crippen LogP contribution in [0, 0.1) is 5.92 Å². The quantitative estimate of drug-likeness (QED) is 0.483. The predicted molar refractivity (Wildman–Crippen MR) is 38.9 cm³/mol. The lowest BCUT2D eigenvalue weighted by atomic mass is 10.3. The van der Waals surface area contributed by atoms with Crippen molar-refractivity contribution in [2.24, 2.45) is 5.92 Å². The van der Waals surface area contributed by atoms with E-state index in [0.717, 1.165) is 5.92 Å². The van der Waals surface area contributed by atoms with Crippen molar-refractivity contribution in [3.8, 4) is 0 Å². The molecule has 0 heterocycles. The zero-order valence-electron chi connectivity index (χ0n) is 5.69. The first kappa shape index (κ1) is 7.35. The molecule has 0 nitrogen and oxygen atoms in total. The molecule has 0 aromatic heterocycles. The van der Waals surface area contributed by atoms with Crippen LogP contribution in [0.15, 0.2) is 0 Å². The van der Waals surface area contributed by atoms with E-state index in [1.807, 2.05) is 0 Å². The van der Waals surface area contributed by atoms with Crippen LogP contribution in [-0.2, 0) is 10.9 Å². The van der Waals surface area contributed by atoms with Gasteiger partial charge in [-0.25, -0.2) is 0 Å². The average Bonchev–Trinajstić information content (AvgIpc) is 1.27. The van der Waals surface area contributed by atoms with Gasteiger partial charge in [0.05, 0.1) is 12.5 Å².